The van der Waals surface area contributed by atoms with Crippen LogP contribution in [-0.2, 0) is 55.8 Å². The van der Waals surface area contributed by atoms with E-state index in [4.69, 9.17) is 19.9 Å². The number of ketones is 2. The fourth-order valence-electron chi connectivity index (χ4n) is 8.01. The van der Waals surface area contributed by atoms with Crippen molar-refractivity contribution in [3.05, 3.63) is 47.5 Å². The molecular formula is C45H66N6O11. The van der Waals surface area contributed by atoms with E-state index in [2.05, 4.69) is 21.3 Å². The molecule has 1 saturated carbocycles. The second-order valence-corrected chi connectivity index (χ2v) is 18.2. The van der Waals surface area contributed by atoms with Gasteiger partial charge in [-0.05, 0) is 90.2 Å². The lowest BCUT2D eigenvalue weighted by Gasteiger charge is -2.29. The van der Waals surface area contributed by atoms with Crippen LogP contribution in [0, 0.1) is 17.8 Å². The van der Waals surface area contributed by atoms with Crippen LogP contribution < -0.4 is 27.0 Å². The smallest absolute Gasteiger partial charge is 0.407 e. The third-order valence-corrected chi connectivity index (χ3v) is 11.1. The van der Waals surface area contributed by atoms with Gasteiger partial charge in [-0.25, -0.2) is 9.59 Å². The molecule has 0 spiro atoms. The Morgan fingerprint density at radius 3 is 2.19 bits per heavy atom. The van der Waals surface area contributed by atoms with E-state index >= 15 is 0 Å². The summed E-state index contributed by atoms with van der Waals surface area (Å²) >= 11 is 0. The zero-order chi connectivity index (χ0) is 45.8. The zero-order valence-electron chi connectivity index (χ0n) is 37.2. The van der Waals surface area contributed by atoms with E-state index < -0.39 is 65.5 Å². The number of nitrogens with one attached hydrogen (secondary N) is 4. The van der Waals surface area contributed by atoms with Gasteiger partial charge in [0.2, 0.25) is 11.8 Å². The Hall–Kier alpha value is -5.16. The van der Waals surface area contributed by atoms with Crippen LogP contribution in [0.25, 0.3) is 0 Å². The first kappa shape index (κ1) is 49.5. The second-order valence-electron chi connectivity index (χ2n) is 18.2. The molecule has 4 rings (SSSR count). The Morgan fingerprint density at radius 1 is 0.903 bits per heavy atom. The quantitative estimate of drug-likeness (QED) is 0.0787. The highest BCUT2D eigenvalue weighted by atomic mass is 16.8. The van der Waals surface area contributed by atoms with Crippen molar-refractivity contribution in [2.24, 2.45) is 23.5 Å². The highest BCUT2D eigenvalue weighted by molar-refractivity contribution is 6.12. The molecular weight excluding hydrogens is 801 g/mol. The Kier molecular flexibility index (Phi) is 17.8. The van der Waals surface area contributed by atoms with Gasteiger partial charge in [0.1, 0.15) is 17.5 Å². The van der Waals surface area contributed by atoms with Crippen molar-refractivity contribution >= 4 is 47.3 Å². The van der Waals surface area contributed by atoms with Crippen molar-refractivity contribution in [2.45, 2.75) is 148 Å². The van der Waals surface area contributed by atoms with Gasteiger partial charge >= 0.3 is 12.1 Å². The van der Waals surface area contributed by atoms with E-state index in [1.54, 1.807) is 34.6 Å². The number of rotatable bonds is 23. The molecule has 6 N–H and O–H groups in total. The van der Waals surface area contributed by atoms with E-state index in [1.165, 1.54) is 17.1 Å². The summed E-state index contributed by atoms with van der Waals surface area (Å²) in [5.41, 5.74) is 6.30. The first-order valence-corrected chi connectivity index (χ1v) is 21.7. The van der Waals surface area contributed by atoms with Gasteiger partial charge in [0.25, 0.3) is 11.8 Å². The topological polar surface area (TPSA) is 242 Å². The molecule has 17 nitrogen and oxygen atoms in total. The number of fused-ring (bicyclic) bond motifs is 1. The minimum atomic E-state index is -0.916. The monoisotopic (exact) mass is 866 g/mol. The van der Waals surface area contributed by atoms with Crippen molar-refractivity contribution in [3.63, 3.8) is 0 Å². The third kappa shape index (κ3) is 15.3. The molecule has 1 saturated heterocycles. The summed E-state index contributed by atoms with van der Waals surface area (Å²) in [6.07, 6.45) is 4.08. The van der Waals surface area contributed by atoms with Crippen LogP contribution in [0.1, 0.15) is 111 Å². The van der Waals surface area contributed by atoms with Gasteiger partial charge in [0, 0.05) is 62.9 Å². The minimum Gasteiger partial charge on any atom is -0.444 e. The van der Waals surface area contributed by atoms with Crippen molar-refractivity contribution in [3.8, 4) is 0 Å². The molecule has 1 unspecified atom stereocenters. The molecule has 7 amide bonds. The Morgan fingerprint density at radius 2 is 1.56 bits per heavy atom. The number of benzene rings is 1. The van der Waals surface area contributed by atoms with Gasteiger partial charge in [0.05, 0.1) is 18.2 Å². The highest BCUT2D eigenvalue weighted by Crippen LogP contribution is 2.42. The van der Waals surface area contributed by atoms with Crippen LogP contribution in [0.5, 0.6) is 0 Å². The Bertz CT molecular complexity index is 1800. The summed E-state index contributed by atoms with van der Waals surface area (Å²) in [7, 11) is 0. The summed E-state index contributed by atoms with van der Waals surface area (Å²) in [5, 5.41) is 11.2. The van der Waals surface area contributed by atoms with Crippen molar-refractivity contribution in [1.82, 2.24) is 26.2 Å². The number of carbonyl (C=O) groups is 8. The van der Waals surface area contributed by atoms with E-state index in [0.717, 1.165) is 11.1 Å². The maximum absolute atomic E-state index is 14.2. The van der Waals surface area contributed by atoms with Gasteiger partial charge in [-0.15, -0.1) is 0 Å². The van der Waals surface area contributed by atoms with Gasteiger partial charge in [-0.3, -0.25) is 33.7 Å². The molecule has 2 fully saturated rings. The van der Waals surface area contributed by atoms with Crippen molar-refractivity contribution in [2.75, 3.05) is 19.6 Å². The highest BCUT2D eigenvalue weighted by Gasteiger charge is 2.55. The number of primary amides is 1. The van der Waals surface area contributed by atoms with Crippen LogP contribution in [0.2, 0.25) is 0 Å². The van der Waals surface area contributed by atoms with Crippen molar-refractivity contribution < 1.29 is 52.6 Å². The molecule has 1 aromatic rings. The Labute approximate surface area is 364 Å². The molecule has 3 aliphatic rings. The first-order chi connectivity index (χ1) is 29.1. The zero-order valence-corrected chi connectivity index (χ0v) is 37.2. The van der Waals surface area contributed by atoms with Crippen LogP contribution in [0.4, 0.5) is 9.59 Å². The number of ether oxygens (including phenoxy) is 3. The predicted octanol–water partition coefficient (Wildman–Crippen LogP) is 3.54. The fourth-order valence-corrected chi connectivity index (χ4v) is 8.01. The van der Waals surface area contributed by atoms with E-state index in [0.29, 0.717) is 45.1 Å². The van der Waals surface area contributed by atoms with Gasteiger partial charge in [-0.2, -0.15) is 0 Å². The molecule has 6 atom stereocenters. The van der Waals surface area contributed by atoms with Crippen LogP contribution in [0.15, 0.2) is 36.4 Å². The van der Waals surface area contributed by atoms with Crippen LogP contribution in [-0.4, -0.2) is 108 Å². The summed E-state index contributed by atoms with van der Waals surface area (Å²) in [4.78, 5) is 103. The Balaban J connectivity index is 1.37. The molecule has 17 heteroatoms. The molecule has 62 heavy (non-hydrogen) atoms. The molecule has 2 heterocycles. The molecule has 0 bridgehead atoms. The fraction of sp³-hybridized carbons (Fsp3) is 0.644. The average molecular weight is 867 g/mol. The van der Waals surface area contributed by atoms with Crippen LogP contribution >= 0.6 is 0 Å². The van der Waals surface area contributed by atoms with Gasteiger partial charge in [-0.1, -0.05) is 44.5 Å². The minimum absolute atomic E-state index is 0.0216. The molecule has 2 aliphatic heterocycles. The number of imide groups is 1. The third-order valence-electron chi connectivity index (χ3n) is 11.1. The van der Waals surface area contributed by atoms with Crippen LogP contribution in [0.3, 0.4) is 0 Å². The number of alkyl carbamates (subject to hydrolysis) is 1. The van der Waals surface area contributed by atoms with Gasteiger partial charge < -0.3 is 41.2 Å². The molecule has 1 aromatic carbocycles. The molecule has 342 valence electrons. The SMILES string of the molecule is CC(C)[C@@H](CC(=O)[C@H]1C[C@@H]2OC(C)(C)O[C@@H]2[C@@H]1NC(=O)CCCCCN1C(=O)C=CC1=O)C(=O)NC(CCCNC(N)=O)C(=O)Cc1ccc(CCNC(=O)OC(C)(C)C)cc1. The number of carbonyl (C=O) groups excluding carboxylic acids is 8. The van der Waals surface area contributed by atoms with E-state index in [-0.39, 0.29) is 74.0 Å². The number of urea groups is 1. The second kappa shape index (κ2) is 22.3. The predicted molar refractivity (Wildman–Crippen MR) is 228 cm³/mol. The van der Waals surface area contributed by atoms with Gasteiger partial charge in [0.15, 0.2) is 11.6 Å². The number of nitrogens with zero attached hydrogens (tertiary/aromatic N) is 1. The summed E-state index contributed by atoms with van der Waals surface area (Å²) in [6, 6.07) is 5.08. The van der Waals surface area contributed by atoms with E-state index in [1.807, 2.05) is 38.1 Å². The molecule has 0 aromatic heterocycles. The summed E-state index contributed by atoms with van der Waals surface area (Å²) < 4.78 is 17.6. The lowest BCUT2D eigenvalue weighted by molar-refractivity contribution is -0.161. The number of hydrogen-bond donors (Lipinski definition) is 5. The van der Waals surface area contributed by atoms with E-state index in [9.17, 15) is 38.4 Å². The molecule has 1 aliphatic carbocycles. The average Bonchev–Trinajstić information content (AvgIpc) is 3.78. The maximum atomic E-state index is 14.2. The number of hydrogen-bond acceptors (Lipinski definition) is 11. The lowest BCUT2D eigenvalue weighted by Crippen LogP contribution is -2.49. The lowest BCUT2D eigenvalue weighted by atomic mass is 9.84. The normalized spacial score (nSPS) is 21.3. The number of amides is 7. The standard InChI is InChI=1S/C45H66N6O11/c1-27(2)30(25-33(52)31-26-35-40(61-45(6,7)60-35)39(31)50-36(54)13-9-8-10-23-51-37(55)18-19-38(51)56)41(57)49-32(12-11-21-47-42(46)58)34(53)24-29-16-14-28(15-17-29)20-22-48-43(59)62-44(3,4)5/h14-19,27,30-32,35,39-40H,8-13,20-26H2,1-7H3,(H,48,59)(H,49,57)(H,50,54)(H3,46,47,58)/t30-,31-,32?,35+,39-,40+/m1/s1. The largest absolute Gasteiger partial charge is 0.444 e. The number of Topliss-reactive ketones (excluding diaryl/α,β-unsaturated/α-hetero) is 2. The van der Waals surface area contributed by atoms with Crippen molar-refractivity contribution in [1.29, 1.82) is 0 Å². The summed E-state index contributed by atoms with van der Waals surface area (Å²) in [5.74, 6) is -4.57. The number of unbranched alkanes of at least 4 members (excludes halogenated alkanes) is 2. The number of nitrogens with two attached hydrogens (primary N) is 1. The first-order valence-electron chi connectivity index (χ1n) is 21.7. The maximum Gasteiger partial charge on any atom is 0.407 e. The molecule has 0 radical (unpaired) electrons. The summed E-state index contributed by atoms with van der Waals surface area (Å²) in [6.45, 7) is 13.4.